The van der Waals surface area contributed by atoms with Crippen molar-refractivity contribution in [1.29, 1.82) is 0 Å². The maximum Gasteiger partial charge on any atom is 0.236 e. The number of hydrogen-bond donors (Lipinski definition) is 0. The maximum absolute atomic E-state index is 12.2. The minimum atomic E-state index is 0.290. The molecule has 0 N–H and O–H groups in total. The molecule has 5 heteroatoms. The SMILES string of the molecule is CN(C)C[C@@H]1CCN(C(=O)CN2CCOCC2)C1. The lowest BCUT2D eigenvalue weighted by Crippen LogP contribution is -2.44. The molecule has 0 aromatic rings. The lowest BCUT2D eigenvalue weighted by atomic mass is 10.1. The first kappa shape index (κ1) is 13.8. The highest BCUT2D eigenvalue weighted by atomic mass is 16.5. The Balaban J connectivity index is 1.73. The standard InChI is InChI=1S/C13H25N3O2/c1-14(2)9-12-3-4-16(10-12)13(17)11-15-5-7-18-8-6-15/h12H,3-11H2,1-2H3/t12-/m0/s1. The van der Waals surface area contributed by atoms with Gasteiger partial charge in [-0.25, -0.2) is 0 Å². The van der Waals surface area contributed by atoms with Crippen LogP contribution in [0, 0.1) is 5.92 Å². The molecule has 0 unspecified atom stereocenters. The first-order valence-electron chi connectivity index (χ1n) is 6.88. The van der Waals surface area contributed by atoms with E-state index in [1.807, 2.05) is 4.90 Å². The number of carbonyl (C=O) groups is 1. The molecule has 0 bridgehead atoms. The topological polar surface area (TPSA) is 36.0 Å². The zero-order chi connectivity index (χ0) is 13.0. The zero-order valence-electron chi connectivity index (χ0n) is 11.6. The summed E-state index contributed by atoms with van der Waals surface area (Å²) >= 11 is 0. The van der Waals surface area contributed by atoms with Gasteiger partial charge >= 0.3 is 0 Å². The van der Waals surface area contributed by atoms with Crippen LogP contribution in [0.2, 0.25) is 0 Å². The number of carbonyl (C=O) groups excluding carboxylic acids is 1. The highest BCUT2D eigenvalue weighted by Crippen LogP contribution is 2.17. The molecule has 104 valence electrons. The van der Waals surface area contributed by atoms with Gasteiger partial charge in [0.1, 0.15) is 0 Å². The Morgan fingerprint density at radius 2 is 2.00 bits per heavy atom. The minimum absolute atomic E-state index is 0.290. The summed E-state index contributed by atoms with van der Waals surface area (Å²) in [5.41, 5.74) is 0. The highest BCUT2D eigenvalue weighted by Gasteiger charge is 2.27. The van der Waals surface area contributed by atoms with Gasteiger partial charge in [-0.05, 0) is 26.4 Å². The van der Waals surface area contributed by atoms with Gasteiger partial charge in [0.2, 0.25) is 5.91 Å². The Hall–Kier alpha value is -0.650. The van der Waals surface area contributed by atoms with Gasteiger partial charge in [0.15, 0.2) is 0 Å². The van der Waals surface area contributed by atoms with Crippen molar-refractivity contribution >= 4 is 5.91 Å². The summed E-state index contributed by atoms with van der Waals surface area (Å²) in [6.45, 7) is 6.82. The molecule has 1 atom stereocenters. The third kappa shape index (κ3) is 3.93. The van der Waals surface area contributed by atoms with Gasteiger partial charge in [0.25, 0.3) is 0 Å². The van der Waals surface area contributed by atoms with Crippen LogP contribution in [0.4, 0.5) is 0 Å². The van der Waals surface area contributed by atoms with E-state index in [1.165, 1.54) is 0 Å². The van der Waals surface area contributed by atoms with Crippen molar-refractivity contribution in [2.75, 3.05) is 66.6 Å². The van der Waals surface area contributed by atoms with Gasteiger partial charge in [-0.1, -0.05) is 0 Å². The predicted molar refractivity (Wildman–Crippen MR) is 70.5 cm³/mol. The van der Waals surface area contributed by atoms with Gasteiger partial charge in [-0.3, -0.25) is 9.69 Å². The molecule has 2 aliphatic heterocycles. The van der Waals surface area contributed by atoms with Crippen molar-refractivity contribution in [3.8, 4) is 0 Å². The third-order valence-electron chi connectivity index (χ3n) is 3.72. The first-order valence-corrected chi connectivity index (χ1v) is 6.88. The fourth-order valence-electron chi connectivity index (χ4n) is 2.78. The van der Waals surface area contributed by atoms with Crippen molar-refractivity contribution in [1.82, 2.24) is 14.7 Å². The van der Waals surface area contributed by atoms with E-state index in [2.05, 4.69) is 23.9 Å². The number of amides is 1. The van der Waals surface area contributed by atoms with Crippen LogP contribution in [0.5, 0.6) is 0 Å². The molecule has 5 nitrogen and oxygen atoms in total. The highest BCUT2D eigenvalue weighted by molar-refractivity contribution is 5.78. The predicted octanol–water partition coefficient (Wildman–Crippen LogP) is -0.271. The molecule has 0 saturated carbocycles. The molecule has 2 heterocycles. The second-order valence-electron chi connectivity index (χ2n) is 5.65. The molecule has 18 heavy (non-hydrogen) atoms. The molecule has 0 aromatic heterocycles. The molecule has 0 radical (unpaired) electrons. The average Bonchev–Trinajstić information content (AvgIpc) is 2.78. The summed E-state index contributed by atoms with van der Waals surface area (Å²) < 4.78 is 5.30. The van der Waals surface area contributed by atoms with Crippen molar-refractivity contribution in [2.45, 2.75) is 6.42 Å². The van der Waals surface area contributed by atoms with Crippen LogP contribution in [-0.4, -0.2) is 87.2 Å². The van der Waals surface area contributed by atoms with Gasteiger partial charge in [-0.2, -0.15) is 0 Å². The van der Waals surface area contributed by atoms with Gasteiger partial charge < -0.3 is 14.5 Å². The van der Waals surface area contributed by atoms with E-state index in [-0.39, 0.29) is 5.91 Å². The normalized spacial score (nSPS) is 25.9. The Labute approximate surface area is 110 Å². The molecule has 2 fully saturated rings. The van der Waals surface area contributed by atoms with Crippen LogP contribution in [0.15, 0.2) is 0 Å². The average molecular weight is 255 g/mol. The van der Waals surface area contributed by atoms with E-state index in [0.717, 1.165) is 52.4 Å². The summed E-state index contributed by atoms with van der Waals surface area (Å²) in [7, 11) is 4.19. The molecule has 2 rings (SSSR count). The zero-order valence-corrected chi connectivity index (χ0v) is 11.6. The van der Waals surface area contributed by atoms with Gasteiger partial charge in [0, 0.05) is 32.7 Å². The Morgan fingerprint density at radius 1 is 1.28 bits per heavy atom. The second-order valence-corrected chi connectivity index (χ2v) is 5.65. The Bertz CT molecular complexity index is 277. The van der Waals surface area contributed by atoms with Crippen LogP contribution in [0.3, 0.4) is 0 Å². The van der Waals surface area contributed by atoms with E-state index >= 15 is 0 Å². The fraction of sp³-hybridized carbons (Fsp3) is 0.923. The molecule has 0 spiro atoms. The van der Waals surface area contributed by atoms with Gasteiger partial charge in [0.05, 0.1) is 19.8 Å². The minimum Gasteiger partial charge on any atom is -0.379 e. The van der Waals surface area contributed by atoms with Crippen LogP contribution in [-0.2, 0) is 9.53 Å². The third-order valence-corrected chi connectivity index (χ3v) is 3.72. The van der Waals surface area contributed by atoms with Crippen molar-refractivity contribution in [2.24, 2.45) is 5.92 Å². The molecule has 0 aromatic carbocycles. The largest absolute Gasteiger partial charge is 0.379 e. The van der Waals surface area contributed by atoms with E-state index in [1.54, 1.807) is 0 Å². The number of likely N-dealkylation sites (tertiary alicyclic amines) is 1. The number of rotatable bonds is 4. The molecule has 1 amide bonds. The van der Waals surface area contributed by atoms with Crippen molar-refractivity contribution in [3.05, 3.63) is 0 Å². The first-order chi connectivity index (χ1) is 8.65. The van der Waals surface area contributed by atoms with E-state index in [0.29, 0.717) is 12.5 Å². The van der Waals surface area contributed by atoms with Crippen LogP contribution in [0.1, 0.15) is 6.42 Å². The maximum atomic E-state index is 12.2. The molecule has 0 aliphatic carbocycles. The van der Waals surface area contributed by atoms with E-state index in [4.69, 9.17) is 4.74 Å². The monoisotopic (exact) mass is 255 g/mol. The quantitative estimate of drug-likeness (QED) is 0.693. The number of nitrogens with zero attached hydrogens (tertiary/aromatic N) is 3. The summed E-state index contributed by atoms with van der Waals surface area (Å²) in [5.74, 6) is 0.937. The number of morpholine rings is 1. The van der Waals surface area contributed by atoms with E-state index in [9.17, 15) is 4.79 Å². The second kappa shape index (κ2) is 6.50. The van der Waals surface area contributed by atoms with Crippen LogP contribution >= 0.6 is 0 Å². The van der Waals surface area contributed by atoms with Gasteiger partial charge in [-0.15, -0.1) is 0 Å². The lowest BCUT2D eigenvalue weighted by Gasteiger charge is -2.28. The number of ether oxygens (including phenoxy) is 1. The Kier molecular flexibility index (Phi) is 4.97. The van der Waals surface area contributed by atoms with Crippen molar-refractivity contribution in [3.63, 3.8) is 0 Å². The van der Waals surface area contributed by atoms with Crippen molar-refractivity contribution < 1.29 is 9.53 Å². The fourth-order valence-corrected chi connectivity index (χ4v) is 2.78. The summed E-state index contributed by atoms with van der Waals surface area (Å²) in [6.07, 6.45) is 1.15. The summed E-state index contributed by atoms with van der Waals surface area (Å²) in [6, 6.07) is 0. The molecular formula is C13H25N3O2. The summed E-state index contributed by atoms with van der Waals surface area (Å²) in [5, 5.41) is 0. The molecular weight excluding hydrogens is 230 g/mol. The lowest BCUT2D eigenvalue weighted by molar-refractivity contribution is -0.132. The van der Waals surface area contributed by atoms with Crippen LogP contribution < -0.4 is 0 Å². The Morgan fingerprint density at radius 3 is 2.67 bits per heavy atom. The smallest absolute Gasteiger partial charge is 0.236 e. The number of hydrogen-bond acceptors (Lipinski definition) is 4. The molecule has 2 aliphatic rings. The van der Waals surface area contributed by atoms with E-state index < -0.39 is 0 Å². The summed E-state index contributed by atoms with van der Waals surface area (Å²) in [4.78, 5) is 18.6. The van der Waals surface area contributed by atoms with Crippen LogP contribution in [0.25, 0.3) is 0 Å². The molecule has 2 saturated heterocycles.